The summed E-state index contributed by atoms with van der Waals surface area (Å²) in [6.07, 6.45) is 5.93. The molecule has 1 atom stereocenters. The molecule has 1 saturated heterocycles. The Bertz CT molecular complexity index is 1120. The van der Waals surface area contributed by atoms with Crippen LogP contribution >= 0.6 is 0 Å². The average Bonchev–Trinajstić information content (AvgIpc) is 3.17. The van der Waals surface area contributed by atoms with E-state index in [4.69, 9.17) is 4.74 Å². The van der Waals surface area contributed by atoms with Gasteiger partial charge in [0, 0.05) is 42.9 Å². The zero-order valence-corrected chi connectivity index (χ0v) is 17.9. The van der Waals surface area contributed by atoms with Gasteiger partial charge in [0.05, 0.1) is 31.0 Å². The number of anilines is 1. The highest BCUT2D eigenvalue weighted by atomic mass is 16.5. The Labute approximate surface area is 180 Å². The van der Waals surface area contributed by atoms with Gasteiger partial charge in [-0.05, 0) is 32.4 Å². The molecule has 2 aliphatic rings. The molecule has 5 heterocycles. The number of ether oxygens (including phenoxy) is 1. The van der Waals surface area contributed by atoms with Gasteiger partial charge in [-0.2, -0.15) is 5.10 Å². The van der Waals surface area contributed by atoms with Gasteiger partial charge in [-0.15, -0.1) is 0 Å². The van der Waals surface area contributed by atoms with Crippen LogP contribution in [0.5, 0.6) is 0 Å². The molecule has 3 aromatic rings. The summed E-state index contributed by atoms with van der Waals surface area (Å²) in [6, 6.07) is 4.12. The third-order valence-electron chi connectivity index (χ3n) is 6.31. The summed E-state index contributed by atoms with van der Waals surface area (Å²) in [5.41, 5.74) is 4.85. The van der Waals surface area contributed by atoms with Crippen LogP contribution in [0, 0.1) is 6.92 Å². The van der Waals surface area contributed by atoms with E-state index in [0.29, 0.717) is 25.8 Å². The molecule has 0 aliphatic carbocycles. The van der Waals surface area contributed by atoms with Gasteiger partial charge in [0.15, 0.2) is 5.82 Å². The van der Waals surface area contributed by atoms with Crippen LogP contribution in [0.1, 0.15) is 36.2 Å². The lowest BCUT2D eigenvalue weighted by Crippen LogP contribution is -2.46. The number of nitrogens with zero attached hydrogens (tertiary/aromatic N) is 5. The SMILES string of the molecule is Cc1cc2ncnc(NCC3CCCCN3CCn3nc4c(cc3=O)COCC4)c2[nH]1. The topological polar surface area (TPSA) is 101 Å². The minimum Gasteiger partial charge on any atom is -0.376 e. The number of rotatable bonds is 6. The largest absolute Gasteiger partial charge is 0.376 e. The van der Waals surface area contributed by atoms with E-state index in [1.165, 1.54) is 12.8 Å². The predicted molar refractivity (Wildman–Crippen MR) is 118 cm³/mol. The van der Waals surface area contributed by atoms with Gasteiger partial charge in [0.2, 0.25) is 0 Å². The van der Waals surface area contributed by atoms with Crippen LogP contribution in [0.3, 0.4) is 0 Å². The van der Waals surface area contributed by atoms with Gasteiger partial charge >= 0.3 is 0 Å². The van der Waals surface area contributed by atoms with Crippen molar-refractivity contribution in [3.05, 3.63) is 45.8 Å². The van der Waals surface area contributed by atoms with Crippen LogP contribution in [0.25, 0.3) is 11.0 Å². The zero-order chi connectivity index (χ0) is 21.2. The van der Waals surface area contributed by atoms with E-state index in [-0.39, 0.29) is 5.56 Å². The fourth-order valence-corrected chi connectivity index (χ4v) is 4.64. The lowest BCUT2D eigenvalue weighted by atomic mass is 10.0. The summed E-state index contributed by atoms with van der Waals surface area (Å²) in [7, 11) is 0. The van der Waals surface area contributed by atoms with E-state index in [0.717, 1.165) is 66.3 Å². The highest BCUT2D eigenvalue weighted by Gasteiger charge is 2.23. The molecule has 2 N–H and O–H groups in total. The molecule has 0 amide bonds. The molecular formula is C22H29N7O2. The van der Waals surface area contributed by atoms with E-state index >= 15 is 0 Å². The first-order valence-corrected chi connectivity index (χ1v) is 11.1. The van der Waals surface area contributed by atoms with Crippen molar-refractivity contribution in [3.63, 3.8) is 0 Å². The van der Waals surface area contributed by atoms with Gasteiger partial charge in [-0.1, -0.05) is 6.42 Å². The van der Waals surface area contributed by atoms with Crippen LogP contribution in [0.15, 0.2) is 23.3 Å². The predicted octanol–water partition coefficient (Wildman–Crippen LogP) is 1.86. The Morgan fingerprint density at radius 2 is 2.19 bits per heavy atom. The number of fused-ring (bicyclic) bond motifs is 2. The van der Waals surface area contributed by atoms with Crippen molar-refractivity contribution in [2.45, 2.75) is 51.8 Å². The normalized spacial score (nSPS) is 19.5. The van der Waals surface area contributed by atoms with Gasteiger partial charge in [0.25, 0.3) is 5.56 Å². The van der Waals surface area contributed by atoms with Crippen LogP contribution in [-0.4, -0.2) is 61.9 Å². The summed E-state index contributed by atoms with van der Waals surface area (Å²) < 4.78 is 7.06. The summed E-state index contributed by atoms with van der Waals surface area (Å²) in [5.74, 6) is 0.846. The molecule has 164 valence electrons. The van der Waals surface area contributed by atoms with Crippen LogP contribution in [0.4, 0.5) is 5.82 Å². The fraction of sp³-hybridized carbons (Fsp3) is 0.545. The smallest absolute Gasteiger partial charge is 0.267 e. The molecular weight excluding hydrogens is 394 g/mol. The molecule has 2 aliphatic heterocycles. The third-order valence-corrected chi connectivity index (χ3v) is 6.31. The second kappa shape index (κ2) is 8.76. The Hall–Kier alpha value is -2.78. The van der Waals surface area contributed by atoms with Crippen LogP contribution in [0.2, 0.25) is 0 Å². The highest BCUT2D eigenvalue weighted by Crippen LogP contribution is 2.21. The summed E-state index contributed by atoms with van der Waals surface area (Å²) >= 11 is 0. The standard InChI is InChI=1S/C22H29N7O2/c1-15-10-19-21(26-15)22(25-14-24-19)23-12-17-4-2-3-6-28(17)7-8-29-20(30)11-16-13-31-9-5-18(16)27-29/h10-11,14,17,26H,2-9,12-13H2,1H3,(H,23,24,25). The van der Waals surface area contributed by atoms with Crippen molar-refractivity contribution in [2.75, 3.05) is 31.6 Å². The van der Waals surface area contributed by atoms with E-state index in [1.807, 2.05) is 13.0 Å². The molecule has 1 unspecified atom stereocenters. The van der Waals surface area contributed by atoms with Crippen molar-refractivity contribution in [1.29, 1.82) is 0 Å². The highest BCUT2D eigenvalue weighted by molar-refractivity contribution is 5.86. The van der Waals surface area contributed by atoms with E-state index in [1.54, 1.807) is 17.1 Å². The van der Waals surface area contributed by atoms with Gasteiger partial charge < -0.3 is 15.0 Å². The van der Waals surface area contributed by atoms with Gasteiger partial charge in [0.1, 0.15) is 11.8 Å². The number of H-pyrrole nitrogens is 1. The number of nitrogens with one attached hydrogen (secondary N) is 2. The van der Waals surface area contributed by atoms with Gasteiger partial charge in [-0.25, -0.2) is 14.6 Å². The zero-order valence-electron chi connectivity index (χ0n) is 17.9. The number of aromatic amines is 1. The summed E-state index contributed by atoms with van der Waals surface area (Å²) in [6.45, 7) is 6.47. The maximum absolute atomic E-state index is 12.5. The van der Waals surface area contributed by atoms with E-state index in [2.05, 4.69) is 30.3 Å². The molecule has 9 heteroatoms. The first-order valence-electron chi connectivity index (χ1n) is 11.1. The fourth-order valence-electron chi connectivity index (χ4n) is 4.64. The lowest BCUT2D eigenvalue weighted by molar-refractivity contribution is 0.107. The summed E-state index contributed by atoms with van der Waals surface area (Å²) in [5, 5.41) is 8.14. The first-order chi connectivity index (χ1) is 15.2. The van der Waals surface area contributed by atoms with Crippen molar-refractivity contribution in [1.82, 2.24) is 29.6 Å². The molecule has 31 heavy (non-hydrogen) atoms. The molecule has 9 nitrogen and oxygen atoms in total. The van der Waals surface area contributed by atoms with Crippen LogP contribution in [-0.2, 0) is 24.3 Å². The van der Waals surface area contributed by atoms with Crippen LogP contribution < -0.4 is 10.9 Å². The Kier molecular flexibility index (Phi) is 5.69. The van der Waals surface area contributed by atoms with Crippen molar-refractivity contribution >= 4 is 16.9 Å². The minimum absolute atomic E-state index is 0.0403. The van der Waals surface area contributed by atoms with Crippen molar-refractivity contribution in [2.24, 2.45) is 0 Å². The molecule has 0 spiro atoms. The maximum Gasteiger partial charge on any atom is 0.267 e. The molecule has 0 saturated carbocycles. The molecule has 0 aromatic carbocycles. The number of piperidine rings is 1. The Morgan fingerprint density at radius 1 is 1.26 bits per heavy atom. The Morgan fingerprint density at radius 3 is 3.13 bits per heavy atom. The molecule has 1 fully saturated rings. The number of hydrogen-bond acceptors (Lipinski definition) is 7. The van der Waals surface area contributed by atoms with E-state index in [9.17, 15) is 4.79 Å². The summed E-state index contributed by atoms with van der Waals surface area (Å²) in [4.78, 5) is 27.1. The Balaban J connectivity index is 1.25. The second-order valence-electron chi connectivity index (χ2n) is 8.48. The minimum atomic E-state index is -0.0403. The van der Waals surface area contributed by atoms with Gasteiger partial charge in [-0.3, -0.25) is 9.69 Å². The average molecular weight is 424 g/mol. The number of likely N-dealkylation sites (tertiary alicyclic amines) is 1. The molecule has 5 rings (SSSR count). The second-order valence-corrected chi connectivity index (χ2v) is 8.48. The quantitative estimate of drug-likeness (QED) is 0.624. The monoisotopic (exact) mass is 423 g/mol. The van der Waals surface area contributed by atoms with E-state index < -0.39 is 0 Å². The third kappa shape index (κ3) is 4.33. The van der Waals surface area contributed by atoms with Crippen molar-refractivity contribution < 1.29 is 4.74 Å². The number of hydrogen-bond donors (Lipinski definition) is 2. The first kappa shape index (κ1) is 20.1. The lowest BCUT2D eigenvalue weighted by Gasteiger charge is -2.36. The molecule has 0 radical (unpaired) electrons. The number of aryl methyl sites for hydroxylation is 1. The molecule has 3 aromatic heterocycles. The maximum atomic E-state index is 12.5. The molecule has 0 bridgehead atoms. The van der Waals surface area contributed by atoms with Crippen molar-refractivity contribution in [3.8, 4) is 0 Å². The number of aromatic nitrogens is 5.